The van der Waals surface area contributed by atoms with Gasteiger partial charge in [-0.2, -0.15) is 0 Å². The number of rotatable bonds is 3. The van der Waals surface area contributed by atoms with Crippen LogP contribution < -0.4 is 9.80 Å². The van der Waals surface area contributed by atoms with Gasteiger partial charge in [0, 0.05) is 23.8 Å². The Kier molecular flexibility index (Phi) is 3.13. The van der Waals surface area contributed by atoms with Crippen LogP contribution in [0.3, 0.4) is 0 Å². The quantitative estimate of drug-likeness (QED) is 0.927. The van der Waals surface area contributed by atoms with Crippen molar-refractivity contribution in [2.45, 2.75) is 6.17 Å². The van der Waals surface area contributed by atoms with E-state index in [9.17, 15) is 9.90 Å². The van der Waals surface area contributed by atoms with E-state index in [0.29, 0.717) is 0 Å². The van der Waals surface area contributed by atoms with Crippen molar-refractivity contribution in [3.63, 3.8) is 0 Å². The van der Waals surface area contributed by atoms with E-state index in [0.717, 1.165) is 11.4 Å². The van der Waals surface area contributed by atoms with Crippen molar-refractivity contribution in [1.29, 1.82) is 0 Å². The van der Waals surface area contributed by atoms with Crippen molar-refractivity contribution in [3.05, 3.63) is 73.1 Å². The molecule has 0 saturated heterocycles. The topological polar surface area (TPSA) is 43.8 Å². The second-order valence-electron chi connectivity index (χ2n) is 4.50. The van der Waals surface area contributed by atoms with Crippen molar-refractivity contribution < 1.29 is 9.90 Å². The largest absolute Gasteiger partial charge is 0.478 e. The van der Waals surface area contributed by atoms with Crippen LogP contribution in [0.2, 0.25) is 0 Å². The number of hydrogen-bond acceptors (Lipinski definition) is 3. The molecule has 0 radical (unpaired) electrons. The Labute approximate surface area is 117 Å². The Morgan fingerprint density at radius 3 is 1.55 bits per heavy atom. The van der Waals surface area contributed by atoms with Crippen LogP contribution in [-0.4, -0.2) is 17.2 Å². The number of carboxylic acid groups (broad SMARTS) is 1. The average Bonchev–Trinajstić information content (AvgIpc) is 2.94. The van der Waals surface area contributed by atoms with E-state index in [1.807, 2.05) is 60.7 Å². The first-order valence-electron chi connectivity index (χ1n) is 6.35. The van der Waals surface area contributed by atoms with Gasteiger partial charge in [-0.25, -0.2) is 4.79 Å². The van der Waals surface area contributed by atoms with Crippen molar-refractivity contribution in [1.82, 2.24) is 0 Å². The minimum Gasteiger partial charge on any atom is -0.478 e. The summed E-state index contributed by atoms with van der Waals surface area (Å²) in [5.74, 6) is -0.886. The van der Waals surface area contributed by atoms with E-state index in [2.05, 4.69) is 0 Å². The Bertz CT molecular complexity index is 576. The molecule has 1 N–H and O–H groups in total. The second-order valence-corrected chi connectivity index (χ2v) is 4.50. The monoisotopic (exact) mass is 266 g/mol. The molecule has 0 spiro atoms. The standard InChI is InChI=1S/C16H14N2O2/c19-16(20)15-17(13-7-3-1-4-8-13)11-12-18(15)14-9-5-2-6-10-14/h1-12,15H,(H,19,20). The van der Waals surface area contributed by atoms with Gasteiger partial charge in [-0.1, -0.05) is 36.4 Å². The third kappa shape index (κ3) is 2.12. The molecule has 0 bridgehead atoms. The minimum absolute atomic E-state index is 0.764. The summed E-state index contributed by atoms with van der Waals surface area (Å²) >= 11 is 0. The molecule has 0 unspecified atom stereocenters. The molecule has 3 rings (SSSR count). The summed E-state index contributed by atoms with van der Waals surface area (Å²) in [4.78, 5) is 15.1. The summed E-state index contributed by atoms with van der Waals surface area (Å²) in [7, 11) is 0. The van der Waals surface area contributed by atoms with Crippen LogP contribution in [0.15, 0.2) is 73.1 Å². The normalized spacial score (nSPS) is 14.8. The summed E-state index contributed by atoms with van der Waals surface area (Å²) in [6, 6.07) is 19.0. The maximum atomic E-state index is 11.6. The molecule has 2 aromatic carbocycles. The van der Waals surface area contributed by atoms with E-state index in [1.54, 1.807) is 22.2 Å². The first-order chi connectivity index (χ1) is 9.77. The number of carboxylic acids is 1. The van der Waals surface area contributed by atoms with Crippen LogP contribution in [0.4, 0.5) is 11.4 Å². The predicted molar refractivity (Wildman–Crippen MR) is 78.4 cm³/mol. The minimum atomic E-state index is -0.886. The van der Waals surface area contributed by atoms with Crippen molar-refractivity contribution in [3.8, 4) is 0 Å². The van der Waals surface area contributed by atoms with Gasteiger partial charge < -0.3 is 14.9 Å². The lowest BCUT2D eigenvalue weighted by Crippen LogP contribution is -2.45. The first-order valence-corrected chi connectivity index (χ1v) is 6.35. The highest BCUT2D eigenvalue weighted by atomic mass is 16.4. The fourth-order valence-electron chi connectivity index (χ4n) is 2.33. The molecule has 1 heterocycles. The lowest BCUT2D eigenvalue weighted by atomic mass is 10.2. The molecular formula is C16H14N2O2. The van der Waals surface area contributed by atoms with E-state index in [4.69, 9.17) is 0 Å². The second kappa shape index (κ2) is 5.09. The van der Waals surface area contributed by atoms with Crippen LogP contribution in [-0.2, 0) is 4.79 Å². The van der Waals surface area contributed by atoms with Gasteiger partial charge in [0.15, 0.2) is 0 Å². The molecule has 0 aromatic heterocycles. The Balaban J connectivity index is 1.96. The van der Waals surface area contributed by atoms with Gasteiger partial charge in [0.25, 0.3) is 0 Å². The van der Waals surface area contributed by atoms with Crippen LogP contribution >= 0.6 is 0 Å². The van der Waals surface area contributed by atoms with E-state index < -0.39 is 12.1 Å². The molecule has 4 heteroatoms. The van der Waals surface area contributed by atoms with Crippen molar-refractivity contribution in [2.75, 3.05) is 9.80 Å². The predicted octanol–water partition coefficient (Wildman–Crippen LogP) is 2.90. The molecule has 0 atom stereocenters. The lowest BCUT2D eigenvalue weighted by Gasteiger charge is -2.29. The Morgan fingerprint density at radius 1 is 0.800 bits per heavy atom. The molecule has 2 aromatic rings. The number of anilines is 2. The highest BCUT2D eigenvalue weighted by molar-refractivity contribution is 5.85. The lowest BCUT2D eigenvalue weighted by molar-refractivity contribution is -0.138. The van der Waals surface area contributed by atoms with Gasteiger partial charge in [-0.05, 0) is 24.3 Å². The van der Waals surface area contributed by atoms with Crippen LogP contribution in [0.25, 0.3) is 0 Å². The van der Waals surface area contributed by atoms with E-state index >= 15 is 0 Å². The maximum absolute atomic E-state index is 11.6. The van der Waals surface area contributed by atoms with Gasteiger partial charge in [0.05, 0.1) is 0 Å². The molecule has 0 saturated carbocycles. The van der Waals surface area contributed by atoms with Crippen molar-refractivity contribution >= 4 is 17.3 Å². The summed E-state index contributed by atoms with van der Waals surface area (Å²) < 4.78 is 0. The number of benzene rings is 2. The third-order valence-corrected chi connectivity index (χ3v) is 3.24. The van der Waals surface area contributed by atoms with Gasteiger partial charge in [0.1, 0.15) is 0 Å². The maximum Gasteiger partial charge on any atom is 0.348 e. The van der Waals surface area contributed by atoms with E-state index in [1.165, 1.54) is 0 Å². The van der Waals surface area contributed by atoms with Crippen LogP contribution in [0, 0.1) is 0 Å². The molecule has 100 valence electrons. The molecule has 1 aliphatic heterocycles. The summed E-state index contributed by atoms with van der Waals surface area (Å²) in [5.41, 5.74) is 1.71. The first kappa shape index (κ1) is 12.3. The number of para-hydroxylation sites is 2. The van der Waals surface area contributed by atoms with Crippen molar-refractivity contribution in [2.24, 2.45) is 0 Å². The summed E-state index contributed by atoms with van der Waals surface area (Å²) in [6.07, 6.45) is 2.82. The number of aliphatic carboxylic acids is 1. The molecular weight excluding hydrogens is 252 g/mol. The average molecular weight is 266 g/mol. The zero-order chi connectivity index (χ0) is 13.9. The molecule has 0 aliphatic carbocycles. The highest BCUT2D eigenvalue weighted by Gasteiger charge is 2.34. The smallest absolute Gasteiger partial charge is 0.348 e. The highest BCUT2D eigenvalue weighted by Crippen LogP contribution is 2.28. The summed E-state index contributed by atoms with van der Waals surface area (Å²) in [6.45, 7) is 0. The molecule has 4 nitrogen and oxygen atoms in total. The molecule has 20 heavy (non-hydrogen) atoms. The number of carbonyl (C=O) groups is 1. The fraction of sp³-hybridized carbons (Fsp3) is 0.0625. The zero-order valence-electron chi connectivity index (χ0n) is 10.8. The fourth-order valence-corrected chi connectivity index (χ4v) is 2.33. The van der Waals surface area contributed by atoms with Gasteiger partial charge in [-0.3, -0.25) is 0 Å². The zero-order valence-corrected chi connectivity index (χ0v) is 10.8. The van der Waals surface area contributed by atoms with Gasteiger partial charge >= 0.3 is 5.97 Å². The molecule has 0 fully saturated rings. The Hall–Kier alpha value is -2.75. The van der Waals surface area contributed by atoms with Gasteiger partial charge in [-0.15, -0.1) is 0 Å². The van der Waals surface area contributed by atoms with Gasteiger partial charge in [0.2, 0.25) is 6.17 Å². The summed E-state index contributed by atoms with van der Waals surface area (Å²) in [5, 5.41) is 9.55. The molecule has 0 amide bonds. The van der Waals surface area contributed by atoms with E-state index in [-0.39, 0.29) is 0 Å². The number of hydrogen-bond donors (Lipinski definition) is 1. The number of nitrogens with zero attached hydrogens (tertiary/aromatic N) is 2. The molecule has 1 aliphatic rings. The Morgan fingerprint density at radius 2 is 1.20 bits per heavy atom. The SMILES string of the molecule is O=C(O)C1N(c2ccccc2)C=CN1c1ccccc1. The van der Waals surface area contributed by atoms with Crippen LogP contribution in [0.1, 0.15) is 0 Å². The third-order valence-electron chi connectivity index (χ3n) is 3.24. The van der Waals surface area contributed by atoms with Crippen LogP contribution in [0.5, 0.6) is 0 Å².